The van der Waals surface area contributed by atoms with Crippen LogP contribution in [0.25, 0.3) is 0 Å². The first-order valence-electron chi connectivity index (χ1n) is 10.0. The maximum atomic E-state index is 12.9. The Hall–Kier alpha value is -2.61. The van der Waals surface area contributed by atoms with Gasteiger partial charge in [-0.3, -0.25) is 4.79 Å². The fourth-order valence-electron chi connectivity index (χ4n) is 3.01. The molecule has 160 valence electrons. The first kappa shape index (κ1) is 22.1. The molecular weight excluding hydrogens is 450 g/mol. The standard InChI is InChI=1S/C22H26BrN3O4/c1-16(2)15-29-22(28)26-11-3-10-25(12-13-26)21(27)17-4-9-20(24-14-17)30-19-7-5-18(23)6-8-19/h4-9,14,16H,3,10-13,15H2,1-2H3. The van der Waals surface area contributed by atoms with Crippen LogP contribution in [0.4, 0.5) is 4.79 Å². The number of hydrogen-bond acceptors (Lipinski definition) is 5. The fraction of sp³-hybridized carbons (Fsp3) is 0.409. The summed E-state index contributed by atoms with van der Waals surface area (Å²) in [4.78, 5) is 32.7. The van der Waals surface area contributed by atoms with E-state index in [-0.39, 0.29) is 12.0 Å². The summed E-state index contributed by atoms with van der Waals surface area (Å²) in [5.41, 5.74) is 0.494. The molecule has 8 heteroatoms. The highest BCUT2D eigenvalue weighted by molar-refractivity contribution is 9.10. The number of amides is 2. The predicted octanol–water partition coefficient (Wildman–Crippen LogP) is 4.58. The third-order valence-corrected chi connectivity index (χ3v) is 5.13. The quantitative estimate of drug-likeness (QED) is 0.632. The molecule has 0 saturated carbocycles. The summed E-state index contributed by atoms with van der Waals surface area (Å²) in [7, 11) is 0. The van der Waals surface area contributed by atoms with E-state index >= 15 is 0 Å². The molecule has 30 heavy (non-hydrogen) atoms. The number of carbonyl (C=O) groups is 2. The van der Waals surface area contributed by atoms with Crippen molar-refractivity contribution in [2.24, 2.45) is 5.92 Å². The van der Waals surface area contributed by atoms with E-state index in [0.29, 0.717) is 62.3 Å². The lowest BCUT2D eigenvalue weighted by Gasteiger charge is -2.22. The van der Waals surface area contributed by atoms with Crippen LogP contribution in [0.15, 0.2) is 47.1 Å². The summed E-state index contributed by atoms with van der Waals surface area (Å²) < 4.78 is 12.0. The van der Waals surface area contributed by atoms with Crippen molar-refractivity contribution in [2.75, 3.05) is 32.8 Å². The third kappa shape index (κ3) is 6.19. The Morgan fingerprint density at radius 3 is 2.40 bits per heavy atom. The second kappa shape index (κ2) is 10.4. The smallest absolute Gasteiger partial charge is 0.409 e. The Balaban J connectivity index is 1.55. The molecule has 1 aliphatic rings. The predicted molar refractivity (Wildman–Crippen MR) is 117 cm³/mol. The van der Waals surface area contributed by atoms with E-state index in [4.69, 9.17) is 9.47 Å². The number of rotatable bonds is 5. The highest BCUT2D eigenvalue weighted by atomic mass is 79.9. The molecule has 0 atom stereocenters. The van der Waals surface area contributed by atoms with Gasteiger partial charge in [0.1, 0.15) is 5.75 Å². The Kier molecular flexibility index (Phi) is 7.68. The Labute approximate surface area is 185 Å². The zero-order valence-corrected chi connectivity index (χ0v) is 18.8. The van der Waals surface area contributed by atoms with E-state index in [0.717, 1.165) is 4.47 Å². The molecule has 0 radical (unpaired) electrons. The molecule has 1 saturated heterocycles. The molecule has 1 aromatic heterocycles. The molecule has 0 N–H and O–H groups in total. The third-order valence-electron chi connectivity index (χ3n) is 4.60. The lowest BCUT2D eigenvalue weighted by Crippen LogP contribution is -2.38. The summed E-state index contributed by atoms with van der Waals surface area (Å²) in [6, 6.07) is 10.8. The highest BCUT2D eigenvalue weighted by Crippen LogP contribution is 2.22. The zero-order chi connectivity index (χ0) is 21.5. The Bertz CT molecular complexity index is 856. The fourth-order valence-corrected chi connectivity index (χ4v) is 3.27. The van der Waals surface area contributed by atoms with Gasteiger partial charge in [0.2, 0.25) is 5.88 Å². The topological polar surface area (TPSA) is 72.0 Å². The largest absolute Gasteiger partial charge is 0.449 e. The van der Waals surface area contributed by atoms with Crippen LogP contribution in [0.2, 0.25) is 0 Å². The van der Waals surface area contributed by atoms with E-state index in [1.807, 2.05) is 38.1 Å². The van der Waals surface area contributed by atoms with Gasteiger partial charge in [0, 0.05) is 42.9 Å². The number of pyridine rings is 1. The van der Waals surface area contributed by atoms with Crippen LogP contribution in [0.3, 0.4) is 0 Å². The number of halogens is 1. The maximum absolute atomic E-state index is 12.9. The van der Waals surface area contributed by atoms with Crippen LogP contribution >= 0.6 is 15.9 Å². The van der Waals surface area contributed by atoms with Crippen LogP contribution in [0.5, 0.6) is 11.6 Å². The lowest BCUT2D eigenvalue weighted by molar-refractivity contribution is 0.0746. The maximum Gasteiger partial charge on any atom is 0.409 e. The van der Waals surface area contributed by atoms with E-state index in [1.165, 1.54) is 6.20 Å². The number of aromatic nitrogens is 1. The minimum atomic E-state index is -0.311. The van der Waals surface area contributed by atoms with Gasteiger partial charge >= 0.3 is 6.09 Å². The second-order valence-corrected chi connectivity index (χ2v) is 8.46. The van der Waals surface area contributed by atoms with Crippen molar-refractivity contribution in [1.82, 2.24) is 14.8 Å². The van der Waals surface area contributed by atoms with E-state index in [1.54, 1.807) is 21.9 Å². The van der Waals surface area contributed by atoms with Crippen LogP contribution in [0.1, 0.15) is 30.6 Å². The Morgan fingerprint density at radius 1 is 1.03 bits per heavy atom. The SMILES string of the molecule is CC(C)COC(=O)N1CCCN(C(=O)c2ccc(Oc3ccc(Br)cc3)nc2)CC1. The van der Waals surface area contributed by atoms with Crippen LogP contribution in [-0.4, -0.2) is 59.6 Å². The molecule has 2 heterocycles. The van der Waals surface area contributed by atoms with Gasteiger partial charge in [-0.15, -0.1) is 0 Å². The molecule has 0 bridgehead atoms. The van der Waals surface area contributed by atoms with Crippen molar-refractivity contribution >= 4 is 27.9 Å². The molecule has 3 rings (SSSR count). The van der Waals surface area contributed by atoms with Crippen molar-refractivity contribution in [1.29, 1.82) is 0 Å². The lowest BCUT2D eigenvalue weighted by atomic mass is 10.2. The molecule has 0 aliphatic carbocycles. The molecule has 0 unspecified atom stereocenters. The highest BCUT2D eigenvalue weighted by Gasteiger charge is 2.24. The van der Waals surface area contributed by atoms with Gasteiger partial charge in [0.15, 0.2) is 0 Å². The van der Waals surface area contributed by atoms with Crippen molar-refractivity contribution in [3.05, 3.63) is 52.6 Å². The van der Waals surface area contributed by atoms with Crippen molar-refractivity contribution in [2.45, 2.75) is 20.3 Å². The molecule has 0 spiro atoms. The summed E-state index contributed by atoms with van der Waals surface area (Å²) in [5, 5.41) is 0. The zero-order valence-electron chi connectivity index (χ0n) is 17.2. The monoisotopic (exact) mass is 475 g/mol. The summed E-state index contributed by atoms with van der Waals surface area (Å²) in [6.07, 6.45) is 1.92. The second-order valence-electron chi connectivity index (χ2n) is 7.54. The van der Waals surface area contributed by atoms with Crippen molar-refractivity contribution < 1.29 is 19.1 Å². The molecule has 1 aromatic carbocycles. The molecule has 2 aromatic rings. The van der Waals surface area contributed by atoms with Gasteiger partial charge in [0.05, 0.1) is 12.2 Å². The average Bonchev–Trinajstić information content (AvgIpc) is 3.00. The number of nitrogens with zero attached hydrogens (tertiary/aromatic N) is 3. The molecule has 1 aliphatic heterocycles. The number of carbonyl (C=O) groups excluding carboxylic acids is 2. The first-order chi connectivity index (χ1) is 14.4. The van der Waals surface area contributed by atoms with Gasteiger partial charge in [-0.2, -0.15) is 0 Å². The molecular formula is C22H26BrN3O4. The van der Waals surface area contributed by atoms with Crippen molar-refractivity contribution in [3.63, 3.8) is 0 Å². The molecule has 7 nitrogen and oxygen atoms in total. The summed E-state index contributed by atoms with van der Waals surface area (Å²) >= 11 is 3.38. The van der Waals surface area contributed by atoms with E-state index in [2.05, 4.69) is 20.9 Å². The minimum Gasteiger partial charge on any atom is -0.449 e. The van der Waals surface area contributed by atoms with Crippen LogP contribution < -0.4 is 4.74 Å². The molecule has 2 amide bonds. The van der Waals surface area contributed by atoms with Crippen LogP contribution in [-0.2, 0) is 4.74 Å². The first-order valence-corrected chi connectivity index (χ1v) is 10.8. The number of hydrogen-bond donors (Lipinski definition) is 0. The van der Waals surface area contributed by atoms with Crippen LogP contribution in [0, 0.1) is 5.92 Å². The van der Waals surface area contributed by atoms with Gasteiger partial charge in [-0.1, -0.05) is 29.8 Å². The normalized spacial score (nSPS) is 14.4. The number of ether oxygens (including phenoxy) is 2. The minimum absolute atomic E-state index is 0.102. The molecule has 1 fully saturated rings. The van der Waals surface area contributed by atoms with E-state index < -0.39 is 0 Å². The average molecular weight is 476 g/mol. The van der Waals surface area contributed by atoms with Gasteiger partial charge in [-0.25, -0.2) is 9.78 Å². The number of benzene rings is 1. The summed E-state index contributed by atoms with van der Waals surface area (Å²) in [6.45, 7) is 6.49. The summed E-state index contributed by atoms with van der Waals surface area (Å²) in [5.74, 6) is 1.28. The van der Waals surface area contributed by atoms with Gasteiger partial charge in [-0.05, 0) is 42.7 Å². The van der Waals surface area contributed by atoms with Crippen molar-refractivity contribution in [3.8, 4) is 11.6 Å². The van der Waals surface area contributed by atoms with Gasteiger partial charge < -0.3 is 19.3 Å². The Morgan fingerprint density at radius 2 is 1.73 bits per heavy atom. The van der Waals surface area contributed by atoms with E-state index in [9.17, 15) is 9.59 Å². The van der Waals surface area contributed by atoms with Gasteiger partial charge in [0.25, 0.3) is 5.91 Å².